The number of halogens is 2. The predicted octanol–water partition coefficient (Wildman–Crippen LogP) is 1.81. The van der Waals surface area contributed by atoms with Gasteiger partial charge in [0, 0.05) is 18.7 Å². The fourth-order valence-electron chi connectivity index (χ4n) is 1.72. The van der Waals surface area contributed by atoms with E-state index in [0.29, 0.717) is 6.54 Å². The van der Waals surface area contributed by atoms with Gasteiger partial charge >= 0.3 is 0 Å². The molecule has 100 valence electrons. The van der Waals surface area contributed by atoms with Gasteiger partial charge in [0.1, 0.15) is 4.99 Å². The number of benzene rings is 1. The van der Waals surface area contributed by atoms with Crippen molar-refractivity contribution in [1.29, 1.82) is 0 Å². The highest BCUT2D eigenvalue weighted by Gasteiger charge is 2.18. The lowest BCUT2D eigenvalue weighted by molar-refractivity contribution is 0.301. The number of aliphatic hydroxyl groups excluding tert-OH is 1. The minimum Gasteiger partial charge on any atom is -0.395 e. The first kappa shape index (κ1) is 14.8. The van der Waals surface area contributed by atoms with Crippen LogP contribution in [0, 0.1) is 11.6 Å². The second-order valence-corrected chi connectivity index (χ2v) is 4.27. The maximum atomic E-state index is 13.9. The second kappa shape index (κ2) is 6.61. The van der Waals surface area contributed by atoms with Crippen molar-refractivity contribution in [3.63, 3.8) is 0 Å². The van der Waals surface area contributed by atoms with Crippen molar-refractivity contribution in [3.05, 3.63) is 29.3 Å². The lowest BCUT2D eigenvalue weighted by Crippen LogP contribution is -2.29. The molecule has 0 saturated carbocycles. The molecule has 0 fully saturated rings. The molecule has 0 aliphatic carbocycles. The van der Waals surface area contributed by atoms with Gasteiger partial charge in [-0.1, -0.05) is 19.1 Å². The van der Waals surface area contributed by atoms with Gasteiger partial charge in [-0.25, -0.2) is 8.78 Å². The van der Waals surface area contributed by atoms with Crippen molar-refractivity contribution >= 4 is 22.9 Å². The number of thiocarbonyl (C=S) groups is 1. The average molecular weight is 274 g/mol. The van der Waals surface area contributed by atoms with E-state index in [1.165, 1.54) is 12.1 Å². The van der Waals surface area contributed by atoms with Crippen LogP contribution in [-0.4, -0.2) is 29.8 Å². The van der Waals surface area contributed by atoms with E-state index in [1.807, 2.05) is 6.92 Å². The summed E-state index contributed by atoms with van der Waals surface area (Å²) in [5.74, 6) is -2.03. The Morgan fingerprint density at radius 2 is 2.00 bits per heavy atom. The van der Waals surface area contributed by atoms with E-state index >= 15 is 0 Å². The number of anilines is 1. The molecule has 0 aromatic heterocycles. The van der Waals surface area contributed by atoms with Crippen LogP contribution in [0.5, 0.6) is 0 Å². The summed E-state index contributed by atoms with van der Waals surface area (Å²) >= 11 is 4.64. The molecule has 0 unspecified atom stereocenters. The minimum absolute atomic E-state index is 0.105. The van der Waals surface area contributed by atoms with Crippen LogP contribution in [0.15, 0.2) is 12.1 Å². The molecule has 3 N–H and O–H groups in total. The van der Waals surface area contributed by atoms with E-state index in [2.05, 4.69) is 12.2 Å². The Balaban J connectivity index is 3.16. The van der Waals surface area contributed by atoms with E-state index in [0.717, 1.165) is 6.42 Å². The number of hydrogen-bond donors (Lipinski definition) is 2. The summed E-state index contributed by atoms with van der Waals surface area (Å²) in [6, 6.07) is 2.79. The highest BCUT2D eigenvalue weighted by molar-refractivity contribution is 7.80. The van der Waals surface area contributed by atoms with Gasteiger partial charge in [-0.3, -0.25) is 0 Å². The van der Waals surface area contributed by atoms with Gasteiger partial charge in [-0.2, -0.15) is 0 Å². The van der Waals surface area contributed by atoms with Crippen LogP contribution in [0.2, 0.25) is 0 Å². The molecule has 0 heterocycles. The molecule has 0 radical (unpaired) electrons. The summed E-state index contributed by atoms with van der Waals surface area (Å²) in [7, 11) is 0. The van der Waals surface area contributed by atoms with Crippen LogP contribution in [0.4, 0.5) is 14.5 Å². The molecule has 18 heavy (non-hydrogen) atoms. The Bertz CT molecular complexity index is 434. The fraction of sp³-hybridized carbons (Fsp3) is 0.417. The highest BCUT2D eigenvalue weighted by atomic mass is 32.1. The van der Waals surface area contributed by atoms with E-state index in [9.17, 15) is 8.78 Å². The molecule has 1 aromatic carbocycles. The summed E-state index contributed by atoms with van der Waals surface area (Å²) in [5.41, 5.74) is 5.31. The van der Waals surface area contributed by atoms with E-state index in [1.54, 1.807) is 4.90 Å². The average Bonchev–Trinajstić information content (AvgIpc) is 2.32. The largest absolute Gasteiger partial charge is 0.395 e. The van der Waals surface area contributed by atoms with Gasteiger partial charge in [0.2, 0.25) is 0 Å². The summed E-state index contributed by atoms with van der Waals surface area (Å²) in [4.78, 5) is 1.41. The summed E-state index contributed by atoms with van der Waals surface area (Å²) < 4.78 is 27.6. The van der Waals surface area contributed by atoms with Crippen molar-refractivity contribution < 1.29 is 13.9 Å². The number of nitrogens with zero attached hydrogens (tertiary/aromatic N) is 1. The molecule has 3 nitrogen and oxygen atoms in total. The summed E-state index contributed by atoms with van der Waals surface area (Å²) in [6.45, 7) is 2.57. The maximum absolute atomic E-state index is 13.9. The molecule has 0 aliphatic rings. The zero-order chi connectivity index (χ0) is 13.7. The van der Waals surface area contributed by atoms with Crippen LogP contribution in [0.25, 0.3) is 0 Å². The van der Waals surface area contributed by atoms with Crippen LogP contribution in [0.1, 0.15) is 18.9 Å². The molecule has 1 aromatic rings. The molecule has 1 rings (SSSR count). The van der Waals surface area contributed by atoms with Crippen LogP contribution < -0.4 is 10.6 Å². The molecule has 0 atom stereocenters. The zero-order valence-corrected chi connectivity index (χ0v) is 10.9. The van der Waals surface area contributed by atoms with Crippen molar-refractivity contribution in [2.24, 2.45) is 5.73 Å². The third-order valence-electron chi connectivity index (χ3n) is 2.53. The minimum atomic E-state index is -1.04. The number of hydrogen-bond acceptors (Lipinski definition) is 3. The lowest BCUT2D eigenvalue weighted by atomic mass is 10.1. The maximum Gasteiger partial charge on any atom is 0.182 e. The van der Waals surface area contributed by atoms with Crippen LogP contribution in [0.3, 0.4) is 0 Å². The Labute approximate surface area is 110 Å². The predicted molar refractivity (Wildman–Crippen MR) is 71.8 cm³/mol. The van der Waals surface area contributed by atoms with Crippen molar-refractivity contribution in [2.75, 3.05) is 24.6 Å². The molecular formula is C12H16F2N2OS. The first-order valence-electron chi connectivity index (χ1n) is 5.66. The summed E-state index contributed by atoms with van der Waals surface area (Å²) in [6.07, 6.45) is 0.762. The Kier molecular flexibility index (Phi) is 5.43. The highest BCUT2D eigenvalue weighted by Crippen LogP contribution is 2.24. The van der Waals surface area contributed by atoms with Crippen LogP contribution >= 0.6 is 12.2 Å². The zero-order valence-electron chi connectivity index (χ0n) is 10.1. The first-order chi connectivity index (χ1) is 8.52. The quantitative estimate of drug-likeness (QED) is 0.777. The van der Waals surface area contributed by atoms with Gasteiger partial charge in [-0.05, 0) is 18.6 Å². The van der Waals surface area contributed by atoms with Gasteiger partial charge in [0.05, 0.1) is 12.3 Å². The number of aliphatic hydroxyl groups is 1. The topological polar surface area (TPSA) is 49.5 Å². The number of nitrogens with two attached hydrogens (primary N) is 1. The van der Waals surface area contributed by atoms with Crippen molar-refractivity contribution in [2.45, 2.75) is 13.3 Å². The molecular weight excluding hydrogens is 258 g/mol. The standard InChI is InChI=1S/C12H16F2N2OS/c1-2-5-16(6-7-17)9-4-3-8(12(15)18)10(13)11(9)14/h3-4,17H,2,5-7H2,1H3,(H2,15,18). The second-order valence-electron chi connectivity index (χ2n) is 3.84. The first-order valence-corrected chi connectivity index (χ1v) is 6.07. The normalized spacial score (nSPS) is 10.4. The Morgan fingerprint density at radius 1 is 1.33 bits per heavy atom. The van der Waals surface area contributed by atoms with Gasteiger partial charge < -0.3 is 15.7 Å². The van der Waals surface area contributed by atoms with Gasteiger partial charge in [-0.15, -0.1) is 0 Å². The van der Waals surface area contributed by atoms with Crippen molar-refractivity contribution in [3.8, 4) is 0 Å². The molecule has 0 spiro atoms. The SMILES string of the molecule is CCCN(CCO)c1ccc(C(N)=S)c(F)c1F. The molecule has 0 saturated heterocycles. The molecule has 0 aliphatic heterocycles. The third-order valence-corrected chi connectivity index (χ3v) is 2.75. The van der Waals surface area contributed by atoms with Gasteiger partial charge in [0.15, 0.2) is 11.6 Å². The van der Waals surface area contributed by atoms with Crippen LogP contribution in [-0.2, 0) is 0 Å². The number of rotatable bonds is 6. The van der Waals surface area contributed by atoms with Gasteiger partial charge in [0.25, 0.3) is 0 Å². The van der Waals surface area contributed by atoms with E-state index in [4.69, 9.17) is 10.8 Å². The van der Waals surface area contributed by atoms with E-state index in [-0.39, 0.29) is 29.4 Å². The molecule has 0 bridgehead atoms. The van der Waals surface area contributed by atoms with Crippen molar-refractivity contribution in [1.82, 2.24) is 0 Å². The smallest absolute Gasteiger partial charge is 0.182 e. The fourth-order valence-corrected chi connectivity index (χ4v) is 1.87. The lowest BCUT2D eigenvalue weighted by Gasteiger charge is -2.24. The molecule has 0 amide bonds. The molecule has 6 heteroatoms. The Hall–Kier alpha value is -1.27. The Morgan fingerprint density at radius 3 is 2.50 bits per heavy atom. The summed E-state index contributed by atoms with van der Waals surface area (Å²) in [5, 5.41) is 8.93. The van der Waals surface area contributed by atoms with E-state index < -0.39 is 11.6 Å². The third kappa shape index (κ3) is 3.14. The monoisotopic (exact) mass is 274 g/mol.